The second-order valence-corrected chi connectivity index (χ2v) is 17.4. The predicted molar refractivity (Wildman–Crippen MR) is 259 cm³/mol. The van der Waals surface area contributed by atoms with Gasteiger partial charge in [0, 0.05) is 47.6 Å². The van der Waals surface area contributed by atoms with Crippen LogP contribution < -0.4 is 0 Å². The lowest BCUT2D eigenvalue weighted by molar-refractivity contribution is 0.669. The van der Waals surface area contributed by atoms with Crippen molar-refractivity contribution >= 4 is 53.4 Å². The Bertz CT molecular complexity index is 3710. The second kappa shape index (κ2) is 14.0. The fourth-order valence-corrected chi connectivity index (χ4v) is 11.1. The number of thiophene rings is 1. The molecule has 3 heterocycles. The van der Waals surface area contributed by atoms with Crippen LogP contribution in [0.3, 0.4) is 0 Å². The number of rotatable bonds is 6. The van der Waals surface area contributed by atoms with Gasteiger partial charge in [0.25, 0.3) is 0 Å². The highest BCUT2D eigenvalue weighted by Crippen LogP contribution is 2.57. The van der Waals surface area contributed by atoms with Crippen LogP contribution in [-0.2, 0) is 5.41 Å². The van der Waals surface area contributed by atoms with Crippen LogP contribution in [0.15, 0.2) is 217 Å². The third kappa shape index (κ3) is 5.57. The van der Waals surface area contributed by atoms with Crippen LogP contribution in [0.25, 0.3) is 98.5 Å². The molecule has 1 aliphatic carbocycles. The molecule has 1 aliphatic rings. The molecule has 0 bridgehead atoms. The lowest BCUT2D eigenvalue weighted by Gasteiger charge is -2.34. The quantitative estimate of drug-likeness (QED) is 0.168. The summed E-state index contributed by atoms with van der Waals surface area (Å²) >= 11 is 1.87. The molecule has 13 rings (SSSR count). The number of nitrogens with zero attached hydrogens (tertiary/aromatic N) is 3. The number of hydrogen-bond donors (Lipinski definition) is 0. The first-order valence-corrected chi connectivity index (χ1v) is 22.1. The summed E-state index contributed by atoms with van der Waals surface area (Å²) in [5.74, 6) is 1.85. The van der Waals surface area contributed by atoms with Crippen molar-refractivity contribution < 1.29 is 4.42 Å². The van der Waals surface area contributed by atoms with Gasteiger partial charge in [-0.25, -0.2) is 15.0 Å². The molecule has 63 heavy (non-hydrogen) atoms. The van der Waals surface area contributed by atoms with Crippen molar-refractivity contribution in [2.75, 3.05) is 0 Å². The topological polar surface area (TPSA) is 51.8 Å². The molecule has 4 nitrogen and oxygen atoms in total. The predicted octanol–water partition coefficient (Wildman–Crippen LogP) is 15.2. The van der Waals surface area contributed by atoms with Crippen molar-refractivity contribution in [3.05, 3.63) is 235 Å². The van der Waals surface area contributed by atoms with Crippen LogP contribution in [-0.4, -0.2) is 15.0 Å². The van der Waals surface area contributed by atoms with Gasteiger partial charge >= 0.3 is 0 Å². The summed E-state index contributed by atoms with van der Waals surface area (Å²) < 4.78 is 8.77. The van der Waals surface area contributed by atoms with E-state index in [0.717, 1.165) is 49.8 Å². The lowest BCUT2D eigenvalue weighted by Crippen LogP contribution is -2.28. The molecule has 5 heteroatoms. The highest BCUT2D eigenvalue weighted by molar-refractivity contribution is 7.25. The van der Waals surface area contributed by atoms with Crippen LogP contribution in [0.4, 0.5) is 0 Å². The summed E-state index contributed by atoms with van der Waals surface area (Å²) in [5.41, 5.74) is 13.8. The van der Waals surface area contributed by atoms with Gasteiger partial charge in [-0.15, -0.1) is 11.3 Å². The molecule has 3 aromatic heterocycles. The first kappa shape index (κ1) is 35.7. The Morgan fingerprint density at radius 3 is 1.67 bits per heavy atom. The molecule has 12 aromatic rings. The Morgan fingerprint density at radius 2 is 0.889 bits per heavy atom. The number of fused-ring (bicyclic) bond motifs is 9. The van der Waals surface area contributed by atoms with E-state index in [4.69, 9.17) is 19.4 Å². The highest BCUT2D eigenvalue weighted by Gasteiger charge is 2.46. The molecule has 0 aliphatic heterocycles. The van der Waals surface area contributed by atoms with Gasteiger partial charge in [-0.1, -0.05) is 170 Å². The molecule has 0 radical (unpaired) electrons. The van der Waals surface area contributed by atoms with E-state index < -0.39 is 5.41 Å². The minimum absolute atomic E-state index is 0.501. The van der Waals surface area contributed by atoms with Gasteiger partial charge in [0.05, 0.1) is 5.41 Å². The summed E-state index contributed by atoms with van der Waals surface area (Å²) in [6.45, 7) is 0. The molecule has 0 saturated carbocycles. The average molecular weight is 822 g/mol. The second-order valence-electron chi connectivity index (χ2n) is 16.3. The maximum Gasteiger partial charge on any atom is 0.164 e. The zero-order valence-electron chi connectivity index (χ0n) is 33.9. The number of benzene rings is 9. The first-order valence-electron chi connectivity index (χ1n) is 21.2. The SMILES string of the molecule is c1ccc(-c2nc(-c3cccc(-c4ccc(C5(c6ccc7c(c6)sc6ccccc67)c6ccccc6-c6ccccc65)cc4)c3)nc(-c3ccc4oc5ccccc5c4c3)n2)cc1. The van der Waals surface area contributed by atoms with E-state index >= 15 is 0 Å². The van der Waals surface area contributed by atoms with Crippen LogP contribution in [0.2, 0.25) is 0 Å². The zero-order chi connectivity index (χ0) is 41.5. The lowest BCUT2D eigenvalue weighted by atomic mass is 9.67. The van der Waals surface area contributed by atoms with E-state index in [1.165, 1.54) is 53.6 Å². The van der Waals surface area contributed by atoms with Crippen LogP contribution >= 0.6 is 11.3 Å². The van der Waals surface area contributed by atoms with Gasteiger partial charge in [-0.05, 0) is 87.0 Å². The molecule has 0 amide bonds. The van der Waals surface area contributed by atoms with Gasteiger partial charge in [-0.2, -0.15) is 0 Å². The Balaban J connectivity index is 0.934. The summed E-state index contributed by atoms with van der Waals surface area (Å²) in [7, 11) is 0. The van der Waals surface area contributed by atoms with E-state index in [1.54, 1.807) is 0 Å². The summed E-state index contributed by atoms with van der Waals surface area (Å²) in [5, 5.41) is 4.71. The normalized spacial score (nSPS) is 12.9. The van der Waals surface area contributed by atoms with E-state index in [2.05, 4.69) is 152 Å². The van der Waals surface area contributed by atoms with Crippen molar-refractivity contribution in [3.8, 4) is 56.4 Å². The maximum absolute atomic E-state index is 6.15. The minimum atomic E-state index is -0.501. The Labute approximate surface area is 367 Å². The molecular weight excluding hydrogens is 787 g/mol. The fraction of sp³-hybridized carbons (Fsp3) is 0.0172. The fourth-order valence-electron chi connectivity index (χ4n) is 9.95. The van der Waals surface area contributed by atoms with Gasteiger partial charge in [0.2, 0.25) is 0 Å². The number of aromatic nitrogens is 3. The Hall–Kier alpha value is -7.99. The van der Waals surface area contributed by atoms with Crippen LogP contribution in [0.5, 0.6) is 0 Å². The van der Waals surface area contributed by atoms with Gasteiger partial charge < -0.3 is 4.42 Å². The monoisotopic (exact) mass is 821 g/mol. The summed E-state index contributed by atoms with van der Waals surface area (Å²) in [6.07, 6.45) is 0. The molecule has 9 aromatic carbocycles. The van der Waals surface area contributed by atoms with Crippen molar-refractivity contribution in [2.45, 2.75) is 5.41 Å². The van der Waals surface area contributed by atoms with E-state index in [9.17, 15) is 0 Å². The van der Waals surface area contributed by atoms with Gasteiger partial charge in [0.1, 0.15) is 11.2 Å². The average Bonchev–Trinajstić information content (AvgIpc) is 4.02. The summed E-state index contributed by atoms with van der Waals surface area (Å²) in [4.78, 5) is 15.3. The van der Waals surface area contributed by atoms with Crippen molar-refractivity contribution in [3.63, 3.8) is 0 Å². The van der Waals surface area contributed by atoms with Crippen molar-refractivity contribution in [1.82, 2.24) is 15.0 Å². The van der Waals surface area contributed by atoms with Crippen LogP contribution in [0, 0.1) is 0 Å². The zero-order valence-corrected chi connectivity index (χ0v) is 34.7. The standard InChI is InChI=1S/C58H35N3OS/c1-2-13-37(14-3-1)55-59-56(61-57(60-55)40-27-32-52-48(34-40)45-19-6-10-23-51(45)62-52)39-16-12-15-38(33-39)36-25-28-41(29-26-36)58(49-21-8-4-17-43(49)44-18-5-9-22-50(44)58)42-30-31-47-46-20-7-11-24-53(46)63-54(47)35-42/h1-35H. The van der Waals surface area contributed by atoms with Gasteiger partial charge in [-0.3, -0.25) is 0 Å². The number of hydrogen-bond acceptors (Lipinski definition) is 5. The van der Waals surface area contributed by atoms with Crippen molar-refractivity contribution in [1.29, 1.82) is 0 Å². The maximum atomic E-state index is 6.15. The molecule has 294 valence electrons. The van der Waals surface area contributed by atoms with Crippen molar-refractivity contribution in [2.24, 2.45) is 0 Å². The van der Waals surface area contributed by atoms with Crippen LogP contribution in [0.1, 0.15) is 22.3 Å². The molecule has 0 spiro atoms. The highest BCUT2D eigenvalue weighted by atomic mass is 32.1. The third-order valence-electron chi connectivity index (χ3n) is 12.8. The molecule has 0 saturated heterocycles. The van der Waals surface area contributed by atoms with E-state index in [1.807, 2.05) is 72.0 Å². The molecular formula is C58H35N3OS. The molecule has 0 N–H and O–H groups in total. The number of para-hydroxylation sites is 1. The first-order chi connectivity index (χ1) is 31.2. The minimum Gasteiger partial charge on any atom is -0.456 e. The molecule has 0 fully saturated rings. The smallest absolute Gasteiger partial charge is 0.164 e. The Morgan fingerprint density at radius 1 is 0.333 bits per heavy atom. The van der Waals surface area contributed by atoms with Gasteiger partial charge in [0.15, 0.2) is 17.5 Å². The molecule has 0 atom stereocenters. The third-order valence-corrected chi connectivity index (χ3v) is 14.0. The summed E-state index contributed by atoms with van der Waals surface area (Å²) in [6, 6.07) is 76.0. The molecule has 0 unspecified atom stereocenters. The number of furan rings is 1. The van der Waals surface area contributed by atoms with E-state index in [-0.39, 0.29) is 0 Å². The largest absolute Gasteiger partial charge is 0.456 e. The Kier molecular flexibility index (Phi) is 7.96. The van der Waals surface area contributed by atoms with E-state index in [0.29, 0.717) is 17.5 Å².